The summed E-state index contributed by atoms with van der Waals surface area (Å²) in [6.07, 6.45) is 2.75. The normalized spacial score (nSPS) is 18.9. The molecule has 0 saturated carbocycles. The van der Waals surface area contributed by atoms with Crippen LogP contribution in [0, 0.1) is 5.41 Å². The second-order valence-electron chi connectivity index (χ2n) is 6.31. The third-order valence-corrected chi connectivity index (χ3v) is 4.05. The molecule has 0 spiro atoms. The summed E-state index contributed by atoms with van der Waals surface area (Å²) in [5, 5.41) is 19.7. The Balaban J connectivity index is 4.30. The molecule has 4 nitrogen and oxygen atoms in total. The second-order valence-corrected chi connectivity index (χ2v) is 6.31. The second kappa shape index (κ2) is 8.20. The minimum atomic E-state index is -0.939. The van der Waals surface area contributed by atoms with Crippen molar-refractivity contribution in [3.8, 4) is 0 Å². The van der Waals surface area contributed by atoms with E-state index in [1.54, 1.807) is 0 Å². The van der Waals surface area contributed by atoms with Crippen LogP contribution in [0.15, 0.2) is 0 Å². The van der Waals surface area contributed by atoms with Gasteiger partial charge in [0.15, 0.2) is 6.29 Å². The number of nitrogens with two attached hydrogens (primary N) is 1. The molecule has 116 valence electrons. The van der Waals surface area contributed by atoms with Gasteiger partial charge >= 0.3 is 0 Å². The fourth-order valence-corrected chi connectivity index (χ4v) is 1.84. The van der Waals surface area contributed by atoms with Crippen molar-refractivity contribution in [2.45, 2.75) is 91.3 Å². The predicted octanol–water partition coefficient (Wildman–Crippen LogP) is 2.76. The van der Waals surface area contributed by atoms with Crippen LogP contribution in [0.4, 0.5) is 0 Å². The van der Waals surface area contributed by atoms with Crippen LogP contribution in [0.3, 0.4) is 0 Å². The first-order valence-electron chi connectivity index (χ1n) is 7.51. The predicted molar refractivity (Wildman–Crippen MR) is 78.5 cm³/mol. The Hall–Kier alpha value is -0.160. The summed E-state index contributed by atoms with van der Waals surface area (Å²) in [6, 6.07) is 0. The van der Waals surface area contributed by atoms with Gasteiger partial charge in [0.05, 0.1) is 6.10 Å². The van der Waals surface area contributed by atoms with Gasteiger partial charge in [-0.05, 0) is 31.1 Å². The average molecular weight is 275 g/mol. The van der Waals surface area contributed by atoms with Crippen LogP contribution in [-0.4, -0.2) is 28.3 Å². The van der Waals surface area contributed by atoms with E-state index < -0.39 is 18.1 Å². The van der Waals surface area contributed by atoms with Gasteiger partial charge in [0.25, 0.3) is 0 Å². The molecular formula is C15H33NO3. The molecule has 0 rings (SSSR count). The molecule has 3 unspecified atom stereocenters. The zero-order valence-electron chi connectivity index (χ0n) is 13.3. The molecule has 0 aromatic rings. The van der Waals surface area contributed by atoms with Crippen molar-refractivity contribution >= 4 is 0 Å². The Bertz CT molecular complexity index is 246. The van der Waals surface area contributed by atoms with Crippen molar-refractivity contribution in [1.82, 2.24) is 0 Å². The molecule has 0 aromatic heterocycles. The number of hydrogen-bond acceptors (Lipinski definition) is 4. The van der Waals surface area contributed by atoms with Crippen LogP contribution in [0.25, 0.3) is 0 Å². The molecule has 0 fully saturated rings. The zero-order chi connectivity index (χ0) is 15.1. The Labute approximate surface area is 118 Å². The molecule has 0 saturated heterocycles. The van der Waals surface area contributed by atoms with Gasteiger partial charge in [0, 0.05) is 6.42 Å². The maximum atomic E-state index is 9.98. The molecule has 0 aliphatic heterocycles. The Kier molecular flexibility index (Phi) is 8.13. The molecular weight excluding hydrogens is 242 g/mol. The molecule has 3 atom stereocenters. The molecule has 0 heterocycles. The standard InChI is InChI=1S/C15H33NO3/c1-6-12(17)11-15(16,8-3)19-13(18)9-10-14(4,5)7-2/h12-13,17-18H,6-11,16H2,1-5H3. The summed E-state index contributed by atoms with van der Waals surface area (Å²) in [7, 11) is 0. The van der Waals surface area contributed by atoms with Gasteiger partial charge in [-0.25, -0.2) is 0 Å². The van der Waals surface area contributed by atoms with E-state index in [9.17, 15) is 10.2 Å². The van der Waals surface area contributed by atoms with Gasteiger partial charge in [0.2, 0.25) is 0 Å². The van der Waals surface area contributed by atoms with Crippen molar-refractivity contribution in [2.75, 3.05) is 0 Å². The molecule has 4 N–H and O–H groups in total. The minimum Gasteiger partial charge on any atom is -0.393 e. The minimum absolute atomic E-state index is 0.205. The van der Waals surface area contributed by atoms with Crippen molar-refractivity contribution in [1.29, 1.82) is 0 Å². The Morgan fingerprint density at radius 1 is 1.11 bits per heavy atom. The van der Waals surface area contributed by atoms with E-state index >= 15 is 0 Å². The van der Waals surface area contributed by atoms with Crippen LogP contribution < -0.4 is 5.73 Å². The lowest BCUT2D eigenvalue weighted by atomic mass is 9.85. The van der Waals surface area contributed by atoms with Crippen molar-refractivity contribution in [3.05, 3.63) is 0 Å². The van der Waals surface area contributed by atoms with Gasteiger partial charge in [-0.3, -0.25) is 0 Å². The Morgan fingerprint density at radius 3 is 2.11 bits per heavy atom. The largest absolute Gasteiger partial charge is 0.393 e. The topological polar surface area (TPSA) is 75.7 Å². The van der Waals surface area contributed by atoms with Crippen LogP contribution in [-0.2, 0) is 4.74 Å². The van der Waals surface area contributed by atoms with Crippen molar-refractivity contribution in [3.63, 3.8) is 0 Å². The first-order chi connectivity index (χ1) is 8.68. The van der Waals surface area contributed by atoms with Crippen LogP contribution >= 0.6 is 0 Å². The maximum absolute atomic E-state index is 9.98. The summed E-state index contributed by atoms with van der Waals surface area (Å²) >= 11 is 0. The average Bonchev–Trinajstić information content (AvgIpc) is 2.36. The summed E-state index contributed by atoms with van der Waals surface area (Å²) in [5.41, 5.74) is 5.37. The maximum Gasteiger partial charge on any atom is 0.156 e. The zero-order valence-corrected chi connectivity index (χ0v) is 13.3. The van der Waals surface area contributed by atoms with Crippen LogP contribution in [0.5, 0.6) is 0 Å². The molecule has 0 aromatic carbocycles. The quantitative estimate of drug-likeness (QED) is 0.536. The highest BCUT2D eigenvalue weighted by atomic mass is 16.6. The lowest BCUT2D eigenvalue weighted by Crippen LogP contribution is -2.47. The van der Waals surface area contributed by atoms with E-state index in [1.165, 1.54) is 0 Å². The monoisotopic (exact) mass is 275 g/mol. The first kappa shape index (κ1) is 18.8. The van der Waals surface area contributed by atoms with Gasteiger partial charge < -0.3 is 20.7 Å². The highest BCUT2D eigenvalue weighted by Crippen LogP contribution is 2.28. The van der Waals surface area contributed by atoms with E-state index in [4.69, 9.17) is 10.5 Å². The summed E-state index contributed by atoms with van der Waals surface area (Å²) < 4.78 is 5.57. The molecule has 19 heavy (non-hydrogen) atoms. The highest BCUT2D eigenvalue weighted by Gasteiger charge is 2.30. The first-order valence-corrected chi connectivity index (χ1v) is 7.51. The molecule has 0 radical (unpaired) electrons. The lowest BCUT2D eigenvalue weighted by Gasteiger charge is -2.33. The van der Waals surface area contributed by atoms with E-state index in [0.717, 1.165) is 12.8 Å². The third kappa shape index (κ3) is 7.88. The number of rotatable bonds is 10. The van der Waals surface area contributed by atoms with Gasteiger partial charge in [-0.15, -0.1) is 0 Å². The highest BCUT2D eigenvalue weighted by molar-refractivity contribution is 4.76. The van der Waals surface area contributed by atoms with E-state index in [0.29, 0.717) is 25.7 Å². The molecule has 4 heteroatoms. The molecule has 0 aliphatic carbocycles. The number of aliphatic hydroxyl groups is 2. The number of ether oxygens (including phenoxy) is 1. The van der Waals surface area contributed by atoms with Gasteiger partial charge in [0.1, 0.15) is 5.72 Å². The lowest BCUT2D eigenvalue weighted by molar-refractivity contribution is -0.200. The van der Waals surface area contributed by atoms with Crippen molar-refractivity contribution in [2.24, 2.45) is 11.1 Å². The molecule has 0 aliphatic rings. The summed E-state index contributed by atoms with van der Waals surface area (Å²) in [5.74, 6) is 0. The summed E-state index contributed by atoms with van der Waals surface area (Å²) in [6.45, 7) is 10.3. The van der Waals surface area contributed by atoms with Crippen molar-refractivity contribution < 1.29 is 14.9 Å². The molecule has 0 amide bonds. The van der Waals surface area contributed by atoms with E-state index in [1.807, 2.05) is 13.8 Å². The van der Waals surface area contributed by atoms with Crippen LogP contribution in [0.2, 0.25) is 0 Å². The van der Waals surface area contributed by atoms with Gasteiger partial charge in [-0.1, -0.05) is 41.0 Å². The SMILES string of the molecule is CCC(O)CC(N)(CC)OC(O)CCC(C)(C)CC. The fraction of sp³-hybridized carbons (Fsp3) is 1.00. The van der Waals surface area contributed by atoms with Gasteiger partial charge in [-0.2, -0.15) is 0 Å². The third-order valence-electron chi connectivity index (χ3n) is 4.05. The van der Waals surface area contributed by atoms with E-state index in [2.05, 4.69) is 20.8 Å². The van der Waals surface area contributed by atoms with Crippen LogP contribution in [0.1, 0.15) is 73.1 Å². The number of hydrogen-bond donors (Lipinski definition) is 3. The van der Waals surface area contributed by atoms with E-state index in [-0.39, 0.29) is 5.41 Å². The Morgan fingerprint density at radius 2 is 1.68 bits per heavy atom. The smallest absolute Gasteiger partial charge is 0.156 e. The number of aliphatic hydroxyl groups excluding tert-OH is 2. The summed E-state index contributed by atoms with van der Waals surface area (Å²) in [4.78, 5) is 0. The fourth-order valence-electron chi connectivity index (χ4n) is 1.84. The molecule has 0 bridgehead atoms.